The average Bonchev–Trinajstić information content (AvgIpc) is 2.72. The van der Waals surface area contributed by atoms with Crippen molar-refractivity contribution in [2.45, 2.75) is 17.8 Å². The van der Waals surface area contributed by atoms with Crippen molar-refractivity contribution < 1.29 is 0 Å². The van der Waals surface area contributed by atoms with Crippen LogP contribution in [0.1, 0.15) is 11.3 Å². The molecule has 0 saturated carbocycles. The molecule has 0 aliphatic heterocycles. The summed E-state index contributed by atoms with van der Waals surface area (Å²) in [5.41, 5.74) is 7.34. The fourth-order valence-electron chi connectivity index (χ4n) is 1.30. The molecule has 3 N–H and O–H groups in total. The Balaban J connectivity index is 2.10. The van der Waals surface area contributed by atoms with E-state index in [9.17, 15) is 0 Å². The van der Waals surface area contributed by atoms with E-state index in [2.05, 4.69) is 20.3 Å². The molecule has 8 heteroatoms. The number of anilines is 1. The first kappa shape index (κ1) is 11.3. The summed E-state index contributed by atoms with van der Waals surface area (Å²) < 4.78 is 1.65. The molecule has 0 saturated heterocycles. The molecule has 16 heavy (non-hydrogen) atoms. The highest BCUT2D eigenvalue weighted by atomic mass is 35.5. The highest BCUT2D eigenvalue weighted by molar-refractivity contribution is 7.98. The summed E-state index contributed by atoms with van der Waals surface area (Å²) in [4.78, 5) is 4.00. The summed E-state index contributed by atoms with van der Waals surface area (Å²) in [6.07, 6.45) is 0. The van der Waals surface area contributed by atoms with Crippen LogP contribution in [-0.2, 0) is 12.8 Å². The number of H-pyrrole nitrogens is 1. The Hall–Kier alpha value is -1.21. The van der Waals surface area contributed by atoms with E-state index in [0.29, 0.717) is 22.0 Å². The average molecular weight is 259 g/mol. The van der Waals surface area contributed by atoms with Gasteiger partial charge in [0.2, 0.25) is 11.1 Å². The molecule has 0 unspecified atom stereocenters. The molecule has 0 aliphatic carbocycles. The summed E-state index contributed by atoms with van der Waals surface area (Å²) in [6.45, 7) is 1.92. The number of nitrogens with one attached hydrogen (secondary N) is 1. The van der Waals surface area contributed by atoms with Gasteiger partial charge in [-0.2, -0.15) is 10.1 Å². The van der Waals surface area contributed by atoms with E-state index in [1.165, 1.54) is 11.8 Å². The monoisotopic (exact) mass is 258 g/mol. The van der Waals surface area contributed by atoms with Crippen LogP contribution in [0.5, 0.6) is 0 Å². The van der Waals surface area contributed by atoms with Gasteiger partial charge in [0, 0.05) is 18.4 Å². The van der Waals surface area contributed by atoms with Gasteiger partial charge >= 0.3 is 0 Å². The van der Waals surface area contributed by atoms with Gasteiger partial charge in [-0.25, -0.2) is 5.10 Å². The Morgan fingerprint density at radius 1 is 1.56 bits per heavy atom. The number of rotatable bonds is 3. The molecular weight excluding hydrogens is 248 g/mol. The topological polar surface area (TPSA) is 85.4 Å². The van der Waals surface area contributed by atoms with Crippen molar-refractivity contribution >= 4 is 29.3 Å². The predicted octanol–water partition coefficient (Wildman–Crippen LogP) is 1.37. The molecule has 6 nitrogen and oxygen atoms in total. The van der Waals surface area contributed by atoms with Gasteiger partial charge in [-0.3, -0.25) is 4.68 Å². The van der Waals surface area contributed by atoms with Gasteiger partial charge < -0.3 is 5.73 Å². The second kappa shape index (κ2) is 4.34. The van der Waals surface area contributed by atoms with Crippen molar-refractivity contribution in [3.05, 3.63) is 16.4 Å². The highest BCUT2D eigenvalue weighted by Crippen LogP contribution is 2.26. The molecule has 0 bridgehead atoms. The third-order valence-electron chi connectivity index (χ3n) is 2.10. The van der Waals surface area contributed by atoms with Gasteiger partial charge in [0.05, 0.1) is 5.69 Å². The lowest BCUT2D eigenvalue weighted by Gasteiger charge is -1.97. The van der Waals surface area contributed by atoms with Crippen LogP contribution in [0.3, 0.4) is 0 Å². The van der Waals surface area contributed by atoms with Gasteiger partial charge in [-0.1, -0.05) is 23.4 Å². The van der Waals surface area contributed by atoms with Crippen LogP contribution in [0.4, 0.5) is 5.95 Å². The van der Waals surface area contributed by atoms with E-state index < -0.39 is 0 Å². The minimum atomic E-state index is 0.316. The number of aromatic nitrogens is 5. The van der Waals surface area contributed by atoms with Crippen LogP contribution in [0, 0.1) is 6.92 Å². The van der Waals surface area contributed by atoms with E-state index in [1.54, 1.807) is 4.68 Å². The molecule has 0 radical (unpaired) electrons. The van der Waals surface area contributed by atoms with Crippen molar-refractivity contribution in [2.24, 2.45) is 7.05 Å². The van der Waals surface area contributed by atoms with Crippen LogP contribution < -0.4 is 5.73 Å². The van der Waals surface area contributed by atoms with Crippen molar-refractivity contribution in [3.8, 4) is 0 Å². The maximum atomic E-state index is 6.10. The smallest absolute Gasteiger partial charge is 0.216 e. The number of nitrogens with two attached hydrogens (primary N) is 1. The molecular formula is C8H11ClN6S. The highest BCUT2D eigenvalue weighted by Gasteiger charge is 2.12. The van der Waals surface area contributed by atoms with Crippen molar-refractivity contribution in [2.75, 3.05) is 5.73 Å². The largest absolute Gasteiger partial charge is 0.368 e. The minimum Gasteiger partial charge on any atom is -0.368 e. The first-order valence-corrected chi connectivity index (χ1v) is 5.93. The summed E-state index contributed by atoms with van der Waals surface area (Å²) >= 11 is 7.56. The van der Waals surface area contributed by atoms with Crippen LogP contribution in [0.25, 0.3) is 0 Å². The maximum absolute atomic E-state index is 6.10. The lowest BCUT2D eigenvalue weighted by molar-refractivity contribution is 0.757. The van der Waals surface area contributed by atoms with E-state index in [0.717, 1.165) is 11.3 Å². The second-order valence-corrected chi connectivity index (χ2v) is 4.57. The van der Waals surface area contributed by atoms with Crippen LogP contribution in [0.15, 0.2) is 5.16 Å². The van der Waals surface area contributed by atoms with Crippen LogP contribution in [0.2, 0.25) is 5.15 Å². The molecule has 2 aromatic heterocycles. The number of aryl methyl sites for hydroxylation is 2. The molecule has 0 aromatic carbocycles. The van der Waals surface area contributed by atoms with Crippen molar-refractivity contribution in [1.82, 2.24) is 25.0 Å². The number of hydrogen-bond acceptors (Lipinski definition) is 5. The Kier molecular flexibility index (Phi) is 3.06. The Morgan fingerprint density at radius 3 is 2.81 bits per heavy atom. The summed E-state index contributed by atoms with van der Waals surface area (Å²) in [6, 6.07) is 0. The third-order valence-corrected chi connectivity index (χ3v) is 3.44. The Labute approximate surface area is 102 Å². The molecule has 0 spiro atoms. The SMILES string of the molecule is Cc1nn(C)c(Cl)c1CSc1n[nH]c(N)n1. The molecule has 0 fully saturated rings. The third kappa shape index (κ3) is 2.14. The lowest BCUT2D eigenvalue weighted by atomic mass is 10.3. The van der Waals surface area contributed by atoms with Gasteiger partial charge in [-0.05, 0) is 6.92 Å². The normalized spacial score (nSPS) is 10.9. The van der Waals surface area contributed by atoms with Gasteiger partial charge in [0.25, 0.3) is 0 Å². The number of nitrogens with zero attached hydrogens (tertiary/aromatic N) is 4. The molecule has 0 atom stereocenters. The number of halogens is 1. The van der Waals surface area contributed by atoms with Gasteiger partial charge in [0.1, 0.15) is 5.15 Å². The van der Waals surface area contributed by atoms with Crippen LogP contribution >= 0.6 is 23.4 Å². The molecule has 2 heterocycles. The molecule has 0 amide bonds. The summed E-state index contributed by atoms with van der Waals surface area (Å²) in [7, 11) is 1.81. The fraction of sp³-hybridized carbons (Fsp3) is 0.375. The van der Waals surface area contributed by atoms with Crippen molar-refractivity contribution in [3.63, 3.8) is 0 Å². The minimum absolute atomic E-state index is 0.316. The molecule has 2 aromatic rings. The number of thioether (sulfide) groups is 1. The maximum Gasteiger partial charge on any atom is 0.216 e. The molecule has 2 rings (SSSR count). The zero-order valence-electron chi connectivity index (χ0n) is 8.86. The van der Waals surface area contributed by atoms with Gasteiger partial charge in [0.15, 0.2) is 0 Å². The van der Waals surface area contributed by atoms with E-state index >= 15 is 0 Å². The first-order valence-electron chi connectivity index (χ1n) is 4.56. The van der Waals surface area contributed by atoms with E-state index in [1.807, 2.05) is 14.0 Å². The van der Waals surface area contributed by atoms with Crippen LogP contribution in [-0.4, -0.2) is 25.0 Å². The lowest BCUT2D eigenvalue weighted by Crippen LogP contribution is -1.89. The van der Waals surface area contributed by atoms with Crippen molar-refractivity contribution in [1.29, 1.82) is 0 Å². The Bertz CT molecular complexity index is 505. The predicted molar refractivity (Wildman–Crippen MR) is 63.3 cm³/mol. The zero-order chi connectivity index (χ0) is 11.7. The fourth-order valence-corrected chi connectivity index (χ4v) is 2.51. The zero-order valence-corrected chi connectivity index (χ0v) is 10.4. The number of hydrogen-bond donors (Lipinski definition) is 2. The van der Waals surface area contributed by atoms with Gasteiger partial charge in [-0.15, -0.1) is 5.10 Å². The molecule has 0 aliphatic rings. The Morgan fingerprint density at radius 2 is 2.31 bits per heavy atom. The standard InChI is InChI=1S/C8H11ClN6S/c1-4-5(6(9)15(2)14-4)3-16-8-11-7(10)12-13-8/h3H2,1-2H3,(H3,10,11,12,13). The van der Waals surface area contributed by atoms with E-state index in [-0.39, 0.29) is 0 Å². The first-order chi connectivity index (χ1) is 7.58. The second-order valence-electron chi connectivity index (χ2n) is 3.27. The quantitative estimate of drug-likeness (QED) is 0.813. The number of nitrogen functional groups attached to an aromatic ring is 1. The summed E-state index contributed by atoms with van der Waals surface area (Å²) in [5.74, 6) is 0.993. The van der Waals surface area contributed by atoms with E-state index in [4.69, 9.17) is 17.3 Å². The molecule has 86 valence electrons. The number of aromatic amines is 1. The summed E-state index contributed by atoms with van der Waals surface area (Å²) in [5, 5.41) is 12.0.